The van der Waals surface area contributed by atoms with Crippen molar-refractivity contribution >= 4 is 40.7 Å². The number of nitrogens with zero attached hydrogens (tertiary/aromatic N) is 2. The van der Waals surface area contributed by atoms with E-state index < -0.39 is 23.5 Å². The summed E-state index contributed by atoms with van der Waals surface area (Å²) in [7, 11) is 1.51. The van der Waals surface area contributed by atoms with E-state index in [0.717, 1.165) is 48.8 Å². The predicted octanol–water partition coefficient (Wildman–Crippen LogP) is 7.84. The third-order valence-corrected chi connectivity index (χ3v) is 9.79. The van der Waals surface area contributed by atoms with Crippen LogP contribution in [0.4, 0.5) is 23.2 Å². The summed E-state index contributed by atoms with van der Waals surface area (Å²) in [5, 5.41) is 4.14. The van der Waals surface area contributed by atoms with Gasteiger partial charge in [-0.3, -0.25) is 9.59 Å². The van der Waals surface area contributed by atoms with Crippen molar-refractivity contribution in [3.63, 3.8) is 0 Å². The number of fused-ring (bicyclic) bond motifs is 2. The van der Waals surface area contributed by atoms with Gasteiger partial charge in [0, 0.05) is 49.1 Å². The van der Waals surface area contributed by atoms with E-state index in [9.17, 15) is 27.2 Å². The van der Waals surface area contributed by atoms with E-state index in [-0.39, 0.29) is 35.4 Å². The Morgan fingerprint density at radius 3 is 2.41 bits per heavy atom. The molecular weight excluding hydrogens is 617 g/mol. The fourth-order valence-corrected chi connectivity index (χ4v) is 7.27. The third-order valence-electron chi connectivity index (χ3n) is 9.05. The number of hydrogen-bond acceptors (Lipinski definition) is 3. The highest BCUT2D eigenvalue weighted by atomic mass is 35.5. The van der Waals surface area contributed by atoms with Crippen LogP contribution in [-0.4, -0.2) is 49.4 Å². The number of para-hydroxylation sites is 1. The molecule has 3 aromatic rings. The van der Waals surface area contributed by atoms with E-state index in [1.165, 1.54) is 11.9 Å². The standard InChI is InChI=1S/C33H33Cl2F4N3O2/c1-20(43)42-29-6-4-3-5-24(29)32(13-15-40-16-14-32)30(42)12-9-23(21-7-10-26(34)27(35)18-21)19-41(2)31(44)22-8-11-28(36)25(17-22)33(37,38)39/h3-8,10-11,17-18,23,30,40H,9,12-16,19H2,1-2H3/t23-,30?/m1/s1. The Hall–Kier alpha value is -3.14. The van der Waals surface area contributed by atoms with Crippen LogP contribution in [-0.2, 0) is 16.4 Å². The number of amides is 2. The highest BCUT2D eigenvalue weighted by Gasteiger charge is 2.52. The zero-order valence-electron chi connectivity index (χ0n) is 24.4. The van der Waals surface area contributed by atoms with E-state index in [1.54, 1.807) is 19.1 Å². The number of piperidine rings is 1. The van der Waals surface area contributed by atoms with Crippen molar-refractivity contribution in [3.8, 4) is 0 Å². The summed E-state index contributed by atoms with van der Waals surface area (Å²) in [6, 6.07) is 15.4. The summed E-state index contributed by atoms with van der Waals surface area (Å²) in [6.07, 6.45) is -2.06. The van der Waals surface area contributed by atoms with Crippen molar-refractivity contribution in [2.45, 2.75) is 56.2 Å². The summed E-state index contributed by atoms with van der Waals surface area (Å²) < 4.78 is 54.0. The number of halogens is 6. The molecular formula is C33H33Cl2F4N3O2. The van der Waals surface area contributed by atoms with Crippen LogP contribution < -0.4 is 10.2 Å². The fraction of sp³-hybridized carbons (Fsp3) is 0.394. The number of carbonyl (C=O) groups excluding carboxylic acids is 2. The van der Waals surface area contributed by atoms with Crippen molar-refractivity contribution in [3.05, 3.63) is 98.8 Å². The number of alkyl halides is 3. The molecule has 2 aliphatic rings. The van der Waals surface area contributed by atoms with Crippen LogP contribution in [0.5, 0.6) is 0 Å². The van der Waals surface area contributed by atoms with Gasteiger partial charge in [-0.2, -0.15) is 13.2 Å². The SMILES string of the molecule is CC(=O)N1c2ccccc2C2(CCNCC2)C1CC[C@H](CN(C)C(=O)c1ccc(F)c(C(F)(F)F)c1)c1ccc(Cl)c(Cl)c1. The average molecular weight is 651 g/mol. The van der Waals surface area contributed by atoms with Crippen molar-refractivity contribution in [2.75, 3.05) is 31.6 Å². The van der Waals surface area contributed by atoms with E-state index in [2.05, 4.69) is 11.4 Å². The number of rotatable bonds is 7. The molecule has 11 heteroatoms. The Morgan fingerprint density at radius 1 is 1.05 bits per heavy atom. The van der Waals surface area contributed by atoms with E-state index >= 15 is 0 Å². The highest BCUT2D eigenvalue weighted by molar-refractivity contribution is 6.42. The second-order valence-electron chi connectivity index (χ2n) is 11.7. The first-order valence-corrected chi connectivity index (χ1v) is 15.3. The maximum atomic E-state index is 13.9. The van der Waals surface area contributed by atoms with E-state index in [1.807, 2.05) is 29.2 Å². The molecule has 0 aliphatic carbocycles. The average Bonchev–Trinajstić information content (AvgIpc) is 3.25. The quantitative estimate of drug-likeness (QED) is 0.265. The maximum Gasteiger partial charge on any atom is 0.419 e. The van der Waals surface area contributed by atoms with Crippen LogP contribution in [0.15, 0.2) is 60.7 Å². The number of hydrogen-bond donors (Lipinski definition) is 1. The molecule has 2 atom stereocenters. The van der Waals surface area contributed by atoms with Crippen molar-refractivity contribution in [1.29, 1.82) is 0 Å². The molecule has 1 N–H and O–H groups in total. The molecule has 2 aliphatic heterocycles. The van der Waals surface area contributed by atoms with Gasteiger partial charge >= 0.3 is 6.18 Å². The Kier molecular flexibility index (Phi) is 9.31. The first-order chi connectivity index (χ1) is 20.8. The summed E-state index contributed by atoms with van der Waals surface area (Å²) in [4.78, 5) is 29.7. The molecule has 3 aromatic carbocycles. The maximum absolute atomic E-state index is 13.9. The number of benzene rings is 3. The van der Waals surface area contributed by atoms with Crippen LogP contribution in [0.25, 0.3) is 0 Å². The summed E-state index contributed by atoms with van der Waals surface area (Å²) in [5.41, 5.74) is 0.892. The highest BCUT2D eigenvalue weighted by Crippen LogP contribution is 2.52. The minimum atomic E-state index is -4.94. The van der Waals surface area contributed by atoms with Crippen LogP contribution >= 0.6 is 23.2 Å². The largest absolute Gasteiger partial charge is 0.419 e. The topological polar surface area (TPSA) is 52.7 Å². The molecule has 0 bridgehead atoms. The second-order valence-corrected chi connectivity index (χ2v) is 12.5. The summed E-state index contributed by atoms with van der Waals surface area (Å²) >= 11 is 12.6. The van der Waals surface area contributed by atoms with E-state index in [0.29, 0.717) is 35.0 Å². The first-order valence-electron chi connectivity index (χ1n) is 14.5. The Morgan fingerprint density at radius 2 is 1.75 bits per heavy atom. The second kappa shape index (κ2) is 12.7. The van der Waals surface area contributed by atoms with Gasteiger partial charge < -0.3 is 15.1 Å². The van der Waals surface area contributed by atoms with Gasteiger partial charge in [0.05, 0.1) is 15.6 Å². The van der Waals surface area contributed by atoms with E-state index in [4.69, 9.17) is 23.2 Å². The lowest BCUT2D eigenvalue weighted by atomic mass is 9.68. The molecule has 5 rings (SSSR count). The van der Waals surface area contributed by atoms with Crippen molar-refractivity contribution < 1.29 is 27.2 Å². The molecule has 44 heavy (non-hydrogen) atoms. The van der Waals surface area contributed by atoms with Gasteiger partial charge in [0.2, 0.25) is 5.91 Å². The zero-order chi connectivity index (χ0) is 31.8. The van der Waals surface area contributed by atoms with Crippen LogP contribution in [0.2, 0.25) is 10.0 Å². The number of anilines is 1. The molecule has 0 aromatic heterocycles. The Bertz CT molecular complexity index is 1560. The number of likely N-dealkylation sites (N-methyl/N-ethyl adjacent to an activating group) is 1. The van der Waals surface area contributed by atoms with Gasteiger partial charge in [-0.15, -0.1) is 0 Å². The molecule has 1 spiro atoms. The third kappa shape index (κ3) is 6.19. The Balaban J connectivity index is 1.45. The molecule has 1 fully saturated rings. The summed E-state index contributed by atoms with van der Waals surface area (Å²) in [5.74, 6) is -2.45. The lowest BCUT2D eigenvalue weighted by Gasteiger charge is -2.42. The van der Waals surface area contributed by atoms with Crippen LogP contribution in [0.3, 0.4) is 0 Å². The van der Waals surface area contributed by atoms with Gasteiger partial charge in [0.25, 0.3) is 5.91 Å². The van der Waals surface area contributed by atoms with Gasteiger partial charge in [-0.25, -0.2) is 4.39 Å². The summed E-state index contributed by atoms with van der Waals surface area (Å²) in [6.45, 7) is 3.36. The number of carbonyl (C=O) groups is 2. The molecule has 1 saturated heterocycles. The number of nitrogens with one attached hydrogen (secondary N) is 1. The smallest absolute Gasteiger partial charge is 0.341 e. The molecule has 1 unspecified atom stereocenters. The molecule has 0 saturated carbocycles. The predicted molar refractivity (Wildman–Crippen MR) is 164 cm³/mol. The fourth-order valence-electron chi connectivity index (χ4n) is 6.97. The minimum absolute atomic E-state index is 0.0481. The van der Waals surface area contributed by atoms with Crippen molar-refractivity contribution in [1.82, 2.24) is 10.2 Å². The van der Waals surface area contributed by atoms with Gasteiger partial charge in [0.15, 0.2) is 0 Å². The van der Waals surface area contributed by atoms with Crippen LogP contribution in [0, 0.1) is 5.82 Å². The molecule has 2 amide bonds. The zero-order valence-corrected chi connectivity index (χ0v) is 25.9. The van der Waals surface area contributed by atoms with Gasteiger partial charge in [0.1, 0.15) is 5.82 Å². The molecule has 5 nitrogen and oxygen atoms in total. The lowest BCUT2D eigenvalue weighted by molar-refractivity contribution is -0.140. The Labute approximate surface area is 264 Å². The van der Waals surface area contributed by atoms with Crippen molar-refractivity contribution in [2.24, 2.45) is 0 Å². The lowest BCUT2D eigenvalue weighted by Crippen LogP contribution is -2.51. The monoisotopic (exact) mass is 649 g/mol. The van der Waals surface area contributed by atoms with Gasteiger partial charge in [-0.05, 0) is 86.3 Å². The molecule has 234 valence electrons. The molecule has 2 heterocycles. The molecule has 0 radical (unpaired) electrons. The first kappa shape index (κ1) is 32.3. The van der Waals surface area contributed by atoms with Crippen LogP contribution in [0.1, 0.15) is 65.6 Å². The van der Waals surface area contributed by atoms with Gasteiger partial charge in [-0.1, -0.05) is 47.5 Å². The normalized spacial score (nSPS) is 18.3. The minimum Gasteiger partial charge on any atom is -0.341 e.